The van der Waals surface area contributed by atoms with Crippen molar-refractivity contribution in [3.63, 3.8) is 0 Å². The van der Waals surface area contributed by atoms with Crippen molar-refractivity contribution in [2.24, 2.45) is 11.7 Å². The minimum atomic E-state index is 0.0696. The number of aromatic nitrogens is 2. The largest absolute Gasteiger partial charge is 0.379 e. The van der Waals surface area contributed by atoms with E-state index in [0.717, 1.165) is 6.42 Å². The van der Waals surface area contributed by atoms with Crippen molar-refractivity contribution >= 4 is 16.9 Å². The van der Waals surface area contributed by atoms with Gasteiger partial charge in [0.05, 0.1) is 5.75 Å². The third-order valence-electron chi connectivity index (χ3n) is 1.45. The van der Waals surface area contributed by atoms with Crippen LogP contribution >= 0.6 is 11.8 Å². The smallest absolute Gasteiger partial charge is 0.226 e. The third kappa shape index (κ3) is 3.78. The van der Waals surface area contributed by atoms with Gasteiger partial charge in [0.2, 0.25) is 5.89 Å². The molecule has 0 atom stereocenters. The summed E-state index contributed by atoms with van der Waals surface area (Å²) in [4.78, 5) is 4.17. The number of nitrogens with zero attached hydrogens (tertiary/aromatic N) is 2. The number of nitrogens with one attached hydrogen (secondary N) is 1. The lowest BCUT2D eigenvalue weighted by molar-refractivity contribution is 0.360. The monoisotopic (exact) mass is 214 g/mol. The lowest BCUT2D eigenvalue weighted by Gasteiger charge is -1.96. The molecular weight excluding hydrogens is 200 g/mol. The quantitative estimate of drug-likeness (QED) is 0.584. The molecule has 0 bridgehead atoms. The predicted molar refractivity (Wildman–Crippen MR) is 56.0 cm³/mol. The molecule has 78 valence electrons. The number of hydrogen-bond acceptors (Lipinski definition) is 5. The normalized spacial score (nSPS) is 10.8. The Kier molecular flexibility index (Phi) is 3.94. The van der Waals surface area contributed by atoms with Gasteiger partial charge in [-0.2, -0.15) is 4.98 Å². The van der Waals surface area contributed by atoms with E-state index in [4.69, 9.17) is 15.7 Å². The van der Waals surface area contributed by atoms with Gasteiger partial charge in [-0.3, -0.25) is 5.41 Å². The van der Waals surface area contributed by atoms with Crippen LogP contribution in [0.4, 0.5) is 0 Å². The second-order valence-electron chi connectivity index (χ2n) is 3.36. The first-order valence-electron chi connectivity index (χ1n) is 4.36. The molecule has 1 aromatic heterocycles. The average Bonchev–Trinajstić information content (AvgIpc) is 2.47. The summed E-state index contributed by atoms with van der Waals surface area (Å²) in [5.41, 5.74) is 5.19. The van der Waals surface area contributed by atoms with Crippen LogP contribution < -0.4 is 5.73 Å². The Morgan fingerprint density at radius 2 is 2.36 bits per heavy atom. The Hall–Kier alpha value is -1.04. The molecule has 0 saturated heterocycles. The van der Waals surface area contributed by atoms with Gasteiger partial charge in [0.25, 0.3) is 0 Å². The van der Waals surface area contributed by atoms with Gasteiger partial charge in [0, 0.05) is 6.42 Å². The van der Waals surface area contributed by atoms with E-state index >= 15 is 0 Å². The van der Waals surface area contributed by atoms with Crippen LogP contribution in [0.3, 0.4) is 0 Å². The maximum absolute atomic E-state index is 7.02. The van der Waals surface area contributed by atoms with Crippen molar-refractivity contribution in [1.82, 2.24) is 10.1 Å². The zero-order valence-corrected chi connectivity index (χ0v) is 9.10. The van der Waals surface area contributed by atoms with Gasteiger partial charge in [-0.05, 0) is 5.92 Å². The Morgan fingerprint density at radius 1 is 1.64 bits per heavy atom. The minimum absolute atomic E-state index is 0.0696. The van der Waals surface area contributed by atoms with Crippen molar-refractivity contribution in [3.05, 3.63) is 11.7 Å². The first-order chi connectivity index (χ1) is 6.58. The van der Waals surface area contributed by atoms with Crippen LogP contribution in [0.25, 0.3) is 0 Å². The minimum Gasteiger partial charge on any atom is -0.379 e. The summed E-state index contributed by atoms with van der Waals surface area (Å²) in [5.74, 6) is 2.25. The Morgan fingerprint density at radius 3 is 2.93 bits per heavy atom. The first-order valence-corrected chi connectivity index (χ1v) is 5.34. The van der Waals surface area contributed by atoms with Crippen LogP contribution in [0.2, 0.25) is 0 Å². The highest BCUT2D eigenvalue weighted by atomic mass is 32.2. The van der Waals surface area contributed by atoms with Crippen molar-refractivity contribution in [1.29, 1.82) is 5.41 Å². The van der Waals surface area contributed by atoms with Crippen molar-refractivity contribution in [2.45, 2.75) is 26.0 Å². The molecule has 0 aromatic carbocycles. The van der Waals surface area contributed by atoms with E-state index < -0.39 is 0 Å². The van der Waals surface area contributed by atoms with Gasteiger partial charge in [-0.15, -0.1) is 0 Å². The molecule has 0 aliphatic rings. The van der Waals surface area contributed by atoms with E-state index in [9.17, 15) is 0 Å². The van der Waals surface area contributed by atoms with Gasteiger partial charge < -0.3 is 10.3 Å². The van der Waals surface area contributed by atoms with Crippen LogP contribution in [0, 0.1) is 11.3 Å². The molecule has 1 aromatic rings. The molecule has 0 unspecified atom stereocenters. The SMILES string of the molecule is CC(C)Cc1nc(CSC(=N)N)no1. The molecule has 0 amide bonds. The predicted octanol–water partition coefficient (Wildman–Crippen LogP) is 1.39. The lowest BCUT2D eigenvalue weighted by atomic mass is 10.1. The lowest BCUT2D eigenvalue weighted by Crippen LogP contribution is -2.04. The molecule has 1 heterocycles. The summed E-state index contributed by atoms with van der Waals surface area (Å²) in [5, 5.41) is 10.9. The fourth-order valence-electron chi connectivity index (χ4n) is 0.923. The molecule has 0 aliphatic heterocycles. The highest BCUT2D eigenvalue weighted by Crippen LogP contribution is 2.10. The first kappa shape index (κ1) is 11.0. The number of rotatable bonds is 4. The standard InChI is InChI=1S/C8H14N4OS/c1-5(2)3-7-11-6(12-13-7)4-14-8(9)10/h5H,3-4H2,1-2H3,(H3,9,10). The molecule has 14 heavy (non-hydrogen) atoms. The number of thioether (sulfide) groups is 1. The second kappa shape index (κ2) is 4.99. The second-order valence-corrected chi connectivity index (χ2v) is 4.37. The summed E-state index contributed by atoms with van der Waals surface area (Å²) in [6.45, 7) is 4.18. The molecule has 6 heteroatoms. The van der Waals surface area contributed by atoms with Crippen LogP contribution in [-0.4, -0.2) is 15.3 Å². The van der Waals surface area contributed by atoms with Crippen molar-refractivity contribution in [3.8, 4) is 0 Å². The fourth-order valence-corrected chi connectivity index (χ4v) is 1.33. The van der Waals surface area contributed by atoms with E-state index in [-0.39, 0.29) is 5.17 Å². The van der Waals surface area contributed by atoms with E-state index in [0.29, 0.717) is 23.4 Å². The summed E-state index contributed by atoms with van der Waals surface area (Å²) < 4.78 is 5.02. The third-order valence-corrected chi connectivity index (χ3v) is 2.16. The van der Waals surface area contributed by atoms with Gasteiger partial charge in [-0.25, -0.2) is 0 Å². The highest BCUT2D eigenvalue weighted by Gasteiger charge is 2.08. The summed E-state index contributed by atoms with van der Waals surface area (Å²) in [6.07, 6.45) is 0.789. The maximum Gasteiger partial charge on any atom is 0.226 e. The van der Waals surface area contributed by atoms with Crippen LogP contribution in [0.5, 0.6) is 0 Å². The zero-order chi connectivity index (χ0) is 10.6. The zero-order valence-electron chi connectivity index (χ0n) is 8.28. The molecule has 0 fully saturated rings. The average molecular weight is 214 g/mol. The summed E-state index contributed by atoms with van der Waals surface area (Å²) in [7, 11) is 0. The Balaban J connectivity index is 2.46. The molecule has 0 saturated carbocycles. The van der Waals surface area contributed by atoms with Gasteiger partial charge in [0.1, 0.15) is 0 Å². The fraction of sp³-hybridized carbons (Fsp3) is 0.625. The van der Waals surface area contributed by atoms with Crippen LogP contribution in [0.1, 0.15) is 25.6 Å². The highest BCUT2D eigenvalue weighted by molar-refractivity contribution is 8.12. The molecule has 1 rings (SSSR count). The maximum atomic E-state index is 7.02. The van der Waals surface area contributed by atoms with Gasteiger partial charge in [0.15, 0.2) is 11.0 Å². The van der Waals surface area contributed by atoms with E-state index in [1.54, 1.807) is 0 Å². The van der Waals surface area contributed by atoms with Gasteiger partial charge in [-0.1, -0.05) is 30.8 Å². The molecule has 3 N–H and O–H groups in total. The van der Waals surface area contributed by atoms with E-state index in [1.165, 1.54) is 11.8 Å². The van der Waals surface area contributed by atoms with Gasteiger partial charge >= 0.3 is 0 Å². The van der Waals surface area contributed by atoms with Crippen molar-refractivity contribution in [2.75, 3.05) is 0 Å². The van der Waals surface area contributed by atoms with E-state index in [2.05, 4.69) is 24.0 Å². The van der Waals surface area contributed by atoms with Crippen molar-refractivity contribution < 1.29 is 4.52 Å². The van der Waals surface area contributed by atoms with Crippen LogP contribution in [0.15, 0.2) is 4.52 Å². The van der Waals surface area contributed by atoms with E-state index in [1.807, 2.05) is 0 Å². The number of amidine groups is 1. The topological polar surface area (TPSA) is 88.8 Å². The number of hydrogen-bond donors (Lipinski definition) is 2. The number of nitrogens with two attached hydrogens (primary N) is 1. The Bertz CT molecular complexity index is 310. The van der Waals surface area contributed by atoms with Crippen LogP contribution in [-0.2, 0) is 12.2 Å². The Labute approximate surface area is 87.0 Å². The molecular formula is C8H14N4OS. The molecule has 0 aliphatic carbocycles. The summed E-state index contributed by atoms with van der Waals surface area (Å²) >= 11 is 1.19. The molecule has 0 radical (unpaired) electrons. The molecule has 0 spiro atoms. The molecule has 5 nitrogen and oxygen atoms in total. The summed E-state index contributed by atoms with van der Waals surface area (Å²) in [6, 6.07) is 0.